The van der Waals surface area contributed by atoms with E-state index >= 15 is 0 Å². The SMILES string of the molecule is O=C(c1ccc(=O)[nH]c1)N1CC2CN(C3CC3)CC2C1. The Labute approximate surface area is 117 Å². The summed E-state index contributed by atoms with van der Waals surface area (Å²) in [5.41, 5.74) is 0.420. The number of carbonyl (C=O) groups is 1. The number of rotatable bonds is 2. The van der Waals surface area contributed by atoms with Crippen molar-refractivity contribution in [2.24, 2.45) is 11.8 Å². The van der Waals surface area contributed by atoms with Crippen molar-refractivity contribution < 1.29 is 4.79 Å². The molecule has 106 valence electrons. The zero-order valence-corrected chi connectivity index (χ0v) is 11.4. The third-order valence-electron chi connectivity index (χ3n) is 4.90. The standard InChI is InChI=1S/C15H19N3O2/c19-14-4-1-10(5-16-14)15(20)18-8-11-6-17(13-2-3-13)7-12(11)9-18/h1,4-5,11-13H,2-3,6-9H2,(H,16,19). The summed E-state index contributed by atoms with van der Waals surface area (Å²) >= 11 is 0. The molecule has 0 bridgehead atoms. The van der Waals surface area contributed by atoms with Gasteiger partial charge in [-0.1, -0.05) is 0 Å². The van der Waals surface area contributed by atoms with Crippen molar-refractivity contribution in [2.45, 2.75) is 18.9 Å². The molecule has 2 aliphatic heterocycles. The van der Waals surface area contributed by atoms with Crippen molar-refractivity contribution in [3.8, 4) is 0 Å². The van der Waals surface area contributed by atoms with Gasteiger partial charge in [-0.05, 0) is 30.7 Å². The summed E-state index contributed by atoms with van der Waals surface area (Å²) in [5.74, 6) is 1.33. The summed E-state index contributed by atoms with van der Waals surface area (Å²) in [5, 5.41) is 0. The normalized spacial score (nSPS) is 29.7. The number of nitrogens with one attached hydrogen (secondary N) is 1. The van der Waals surface area contributed by atoms with Gasteiger partial charge < -0.3 is 9.88 Å². The van der Waals surface area contributed by atoms with E-state index in [2.05, 4.69) is 9.88 Å². The van der Waals surface area contributed by atoms with Crippen LogP contribution in [0.1, 0.15) is 23.2 Å². The third kappa shape index (κ3) is 2.06. The van der Waals surface area contributed by atoms with Crippen LogP contribution in [0.25, 0.3) is 0 Å². The maximum absolute atomic E-state index is 12.4. The van der Waals surface area contributed by atoms with Gasteiger partial charge in [-0.15, -0.1) is 0 Å². The van der Waals surface area contributed by atoms with Crippen molar-refractivity contribution in [2.75, 3.05) is 26.2 Å². The van der Waals surface area contributed by atoms with E-state index in [1.165, 1.54) is 25.1 Å². The molecule has 2 saturated heterocycles. The second kappa shape index (κ2) is 4.45. The molecule has 3 aliphatic rings. The summed E-state index contributed by atoms with van der Waals surface area (Å²) in [6.45, 7) is 4.05. The Balaban J connectivity index is 1.43. The quantitative estimate of drug-likeness (QED) is 0.855. The fourth-order valence-electron chi connectivity index (χ4n) is 3.66. The summed E-state index contributed by atoms with van der Waals surface area (Å²) in [6, 6.07) is 3.87. The van der Waals surface area contributed by atoms with Crippen LogP contribution in [0.15, 0.2) is 23.1 Å². The average molecular weight is 273 g/mol. The first-order chi connectivity index (χ1) is 9.70. The number of aromatic amines is 1. The maximum Gasteiger partial charge on any atom is 0.255 e. The largest absolute Gasteiger partial charge is 0.338 e. The molecule has 5 nitrogen and oxygen atoms in total. The molecule has 0 aromatic carbocycles. The van der Waals surface area contributed by atoms with Crippen molar-refractivity contribution in [3.63, 3.8) is 0 Å². The summed E-state index contributed by atoms with van der Waals surface area (Å²) in [6.07, 6.45) is 4.24. The van der Waals surface area contributed by atoms with Crippen LogP contribution in [0.3, 0.4) is 0 Å². The first-order valence-electron chi connectivity index (χ1n) is 7.43. The van der Waals surface area contributed by atoms with Gasteiger partial charge in [0.15, 0.2) is 0 Å². The molecule has 1 saturated carbocycles. The minimum atomic E-state index is -0.167. The van der Waals surface area contributed by atoms with Gasteiger partial charge in [0.05, 0.1) is 5.56 Å². The topological polar surface area (TPSA) is 56.4 Å². The zero-order valence-electron chi connectivity index (χ0n) is 11.4. The average Bonchev–Trinajstić information content (AvgIpc) is 3.10. The molecular weight excluding hydrogens is 254 g/mol. The lowest BCUT2D eigenvalue weighted by atomic mass is 10.0. The lowest BCUT2D eigenvalue weighted by Crippen LogP contribution is -2.34. The van der Waals surface area contributed by atoms with E-state index in [0.29, 0.717) is 17.4 Å². The van der Waals surface area contributed by atoms with Crippen molar-refractivity contribution in [1.29, 1.82) is 0 Å². The molecule has 0 radical (unpaired) electrons. The molecule has 20 heavy (non-hydrogen) atoms. The van der Waals surface area contributed by atoms with Gasteiger partial charge >= 0.3 is 0 Å². The van der Waals surface area contributed by atoms with E-state index in [0.717, 1.165) is 32.2 Å². The number of likely N-dealkylation sites (tertiary alicyclic amines) is 2. The van der Waals surface area contributed by atoms with Crippen molar-refractivity contribution >= 4 is 5.91 Å². The first-order valence-corrected chi connectivity index (χ1v) is 7.43. The fourth-order valence-corrected chi connectivity index (χ4v) is 3.66. The molecule has 3 heterocycles. The highest BCUT2D eigenvalue weighted by Gasteiger charge is 2.45. The Bertz CT molecular complexity index is 559. The minimum Gasteiger partial charge on any atom is -0.338 e. The van der Waals surface area contributed by atoms with Gasteiger partial charge in [-0.2, -0.15) is 0 Å². The van der Waals surface area contributed by atoms with Gasteiger partial charge in [-0.3, -0.25) is 14.5 Å². The number of pyridine rings is 1. The first kappa shape index (κ1) is 12.1. The van der Waals surface area contributed by atoms with E-state index in [-0.39, 0.29) is 11.5 Å². The van der Waals surface area contributed by atoms with Crippen LogP contribution in [-0.4, -0.2) is 52.9 Å². The van der Waals surface area contributed by atoms with Crippen LogP contribution in [0.4, 0.5) is 0 Å². The highest BCUT2D eigenvalue weighted by atomic mass is 16.2. The molecule has 3 fully saturated rings. The molecule has 1 aromatic rings. The lowest BCUT2D eigenvalue weighted by Gasteiger charge is -2.21. The monoisotopic (exact) mass is 273 g/mol. The molecule has 2 atom stereocenters. The van der Waals surface area contributed by atoms with Gasteiger partial charge in [0.25, 0.3) is 5.91 Å². The van der Waals surface area contributed by atoms with E-state index in [1.807, 2.05) is 4.90 Å². The van der Waals surface area contributed by atoms with Gasteiger partial charge in [0, 0.05) is 44.5 Å². The lowest BCUT2D eigenvalue weighted by molar-refractivity contribution is 0.0773. The van der Waals surface area contributed by atoms with Gasteiger partial charge in [0.1, 0.15) is 0 Å². The minimum absolute atomic E-state index is 0.0496. The Morgan fingerprint density at radius 3 is 2.35 bits per heavy atom. The molecule has 1 amide bonds. The number of nitrogens with zero attached hydrogens (tertiary/aromatic N) is 2. The number of fused-ring (bicyclic) bond motifs is 1. The van der Waals surface area contributed by atoms with Crippen LogP contribution in [0.5, 0.6) is 0 Å². The fraction of sp³-hybridized carbons (Fsp3) is 0.600. The summed E-state index contributed by atoms with van der Waals surface area (Å²) in [7, 11) is 0. The Kier molecular flexibility index (Phi) is 2.70. The number of H-pyrrole nitrogens is 1. The number of amides is 1. The Hall–Kier alpha value is -1.62. The second-order valence-corrected chi connectivity index (χ2v) is 6.36. The predicted molar refractivity (Wildman–Crippen MR) is 74.5 cm³/mol. The molecule has 0 spiro atoms. The zero-order chi connectivity index (χ0) is 13.7. The molecule has 1 aromatic heterocycles. The molecule has 2 unspecified atom stereocenters. The maximum atomic E-state index is 12.4. The smallest absolute Gasteiger partial charge is 0.255 e. The second-order valence-electron chi connectivity index (χ2n) is 6.36. The van der Waals surface area contributed by atoms with E-state index in [9.17, 15) is 9.59 Å². The van der Waals surface area contributed by atoms with Crippen molar-refractivity contribution in [1.82, 2.24) is 14.8 Å². The number of carbonyl (C=O) groups excluding carboxylic acids is 1. The Morgan fingerprint density at radius 2 is 1.80 bits per heavy atom. The molecule has 1 N–H and O–H groups in total. The van der Waals surface area contributed by atoms with Crippen LogP contribution in [-0.2, 0) is 0 Å². The summed E-state index contributed by atoms with van der Waals surface area (Å²) in [4.78, 5) is 30.6. The molecule has 4 rings (SSSR count). The third-order valence-corrected chi connectivity index (χ3v) is 4.90. The molecule has 5 heteroatoms. The van der Waals surface area contributed by atoms with E-state index < -0.39 is 0 Å². The molecule has 1 aliphatic carbocycles. The highest BCUT2D eigenvalue weighted by molar-refractivity contribution is 5.94. The van der Waals surface area contributed by atoms with Crippen LogP contribution < -0.4 is 5.56 Å². The number of hydrogen-bond donors (Lipinski definition) is 1. The van der Waals surface area contributed by atoms with Crippen LogP contribution >= 0.6 is 0 Å². The molecular formula is C15H19N3O2. The highest BCUT2D eigenvalue weighted by Crippen LogP contribution is 2.38. The van der Waals surface area contributed by atoms with E-state index in [4.69, 9.17) is 0 Å². The van der Waals surface area contributed by atoms with Crippen molar-refractivity contribution in [3.05, 3.63) is 34.2 Å². The van der Waals surface area contributed by atoms with Gasteiger partial charge in [-0.25, -0.2) is 0 Å². The number of hydrogen-bond acceptors (Lipinski definition) is 3. The predicted octanol–water partition coefficient (Wildman–Crippen LogP) is 0.541. The summed E-state index contributed by atoms with van der Waals surface area (Å²) < 4.78 is 0. The van der Waals surface area contributed by atoms with Gasteiger partial charge in [0.2, 0.25) is 5.56 Å². The Morgan fingerprint density at radius 1 is 1.10 bits per heavy atom. The van der Waals surface area contributed by atoms with Crippen LogP contribution in [0, 0.1) is 11.8 Å². The van der Waals surface area contributed by atoms with Crippen LogP contribution in [0.2, 0.25) is 0 Å². The number of aromatic nitrogens is 1. The van der Waals surface area contributed by atoms with E-state index in [1.54, 1.807) is 6.07 Å².